The van der Waals surface area contributed by atoms with Crippen molar-refractivity contribution in [3.8, 4) is 0 Å². The molecule has 0 bridgehead atoms. The van der Waals surface area contributed by atoms with Gasteiger partial charge in [0.1, 0.15) is 0 Å². The summed E-state index contributed by atoms with van der Waals surface area (Å²) in [4.78, 5) is 11.9. The Bertz CT molecular complexity index is 1180. The SMILES string of the molecule is Cc1ccc(C(NCNc2nc(Cl)nc(Cl)n2)(c2ccccc2)c2ccccc2Cl)cc1. The van der Waals surface area contributed by atoms with Gasteiger partial charge in [-0.3, -0.25) is 5.32 Å². The second-order valence-corrected chi connectivity index (χ2v) is 8.27. The maximum Gasteiger partial charge on any atom is 0.229 e. The average Bonchev–Trinajstić information content (AvgIpc) is 2.78. The van der Waals surface area contributed by atoms with E-state index in [-0.39, 0.29) is 16.5 Å². The van der Waals surface area contributed by atoms with Gasteiger partial charge >= 0.3 is 0 Å². The van der Waals surface area contributed by atoms with Crippen molar-refractivity contribution < 1.29 is 0 Å². The minimum absolute atomic E-state index is 0.0199. The van der Waals surface area contributed by atoms with Crippen LogP contribution in [0.3, 0.4) is 0 Å². The molecule has 0 amide bonds. The lowest BCUT2D eigenvalue weighted by molar-refractivity contribution is 0.491. The zero-order valence-electron chi connectivity index (χ0n) is 17.2. The summed E-state index contributed by atoms with van der Waals surface area (Å²) >= 11 is 18.6. The highest BCUT2D eigenvalue weighted by Gasteiger charge is 2.37. The Morgan fingerprint density at radius 2 is 1.31 bits per heavy atom. The first-order valence-corrected chi connectivity index (χ1v) is 11.1. The van der Waals surface area contributed by atoms with Crippen LogP contribution in [0, 0.1) is 6.92 Å². The Morgan fingerprint density at radius 1 is 0.719 bits per heavy atom. The van der Waals surface area contributed by atoms with Crippen molar-refractivity contribution in [2.75, 3.05) is 12.0 Å². The number of anilines is 1. The highest BCUT2D eigenvalue weighted by molar-refractivity contribution is 6.31. The lowest BCUT2D eigenvalue weighted by atomic mass is 9.77. The zero-order valence-corrected chi connectivity index (χ0v) is 19.5. The summed E-state index contributed by atoms with van der Waals surface area (Å²) in [5.41, 5.74) is 3.41. The second kappa shape index (κ2) is 9.84. The summed E-state index contributed by atoms with van der Waals surface area (Å²) in [7, 11) is 0. The van der Waals surface area contributed by atoms with Crippen molar-refractivity contribution in [2.24, 2.45) is 0 Å². The van der Waals surface area contributed by atoms with Gasteiger partial charge in [0, 0.05) is 5.02 Å². The molecule has 0 aliphatic heterocycles. The van der Waals surface area contributed by atoms with Gasteiger partial charge in [-0.1, -0.05) is 90.0 Å². The van der Waals surface area contributed by atoms with Crippen molar-refractivity contribution in [1.29, 1.82) is 0 Å². The van der Waals surface area contributed by atoms with Gasteiger partial charge in [0.25, 0.3) is 0 Å². The van der Waals surface area contributed by atoms with Crippen LogP contribution in [0.2, 0.25) is 15.6 Å². The molecule has 1 heterocycles. The molecule has 0 saturated heterocycles. The molecule has 0 radical (unpaired) electrons. The molecular weight excluding hydrogens is 465 g/mol. The summed E-state index contributed by atoms with van der Waals surface area (Å²) in [6.07, 6.45) is 0. The van der Waals surface area contributed by atoms with E-state index in [4.69, 9.17) is 34.8 Å². The van der Waals surface area contributed by atoms with Crippen molar-refractivity contribution in [1.82, 2.24) is 20.3 Å². The van der Waals surface area contributed by atoms with Crippen LogP contribution in [0.1, 0.15) is 22.3 Å². The lowest BCUT2D eigenvalue weighted by Gasteiger charge is -2.37. The highest BCUT2D eigenvalue weighted by atomic mass is 35.5. The van der Waals surface area contributed by atoms with Crippen molar-refractivity contribution in [3.63, 3.8) is 0 Å². The summed E-state index contributed by atoms with van der Waals surface area (Å²) < 4.78 is 0. The molecule has 162 valence electrons. The molecule has 0 aliphatic rings. The highest BCUT2D eigenvalue weighted by Crippen LogP contribution is 2.40. The van der Waals surface area contributed by atoms with Crippen molar-refractivity contribution in [2.45, 2.75) is 12.5 Å². The van der Waals surface area contributed by atoms with Crippen LogP contribution in [0.15, 0.2) is 78.9 Å². The van der Waals surface area contributed by atoms with Crippen LogP contribution in [0.5, 0.6) is 0 Å². The summed E-state index contributed by atoms with van der Waals surface area (Å²) in [5, 5.41) is 7.47. The molecule has 5 nitrogen and oxygen atoms in total. The first-order valence-electron chi connectivity index (χ1n) is 9.93. The smallest absolute Gasteiger partial charge is 0.229 e. The predicted molar refractivity (Wildman–Crippen MR) is 130 cm³/mol. The third-order valence-electron chi connectivity index (χ3n) is 5.15. The standard InChI is InChI=1S/C24H20Cl3N5/c1-16-11-13-18(14-12-16)24(17-7-3-2-4-8-17,19-9-5-6-10-20(19)25)29-15-28-23-31-21(26)30-22(27)32-23/h2-14,29H,15H2,1H3,(H,28,30,31,32). The minimum atomic E-state index is -0.749. The van der Waals surface area contributed by atoms with Crippen LogP contribution in [0.25, 0.3) is 0 Å². The fraction of sp³-hybridized carbons (Fsp3) is 0.125. The minimum Gasteiger partial charge on any atom is -0.341 e. The zero-order chi connectivity index (χ0) is 22.6. The van der Waals surface area contributed by atoms with E-state index in [0.29, 0.717) is 11.7 Å². The van der Waals surface area contributed by atoms with Crippen LogP contribution >= 0.6 is 34.8 Å². The third-order valence-corrected chi connectivity index (χ3v) is 5.82. The summed E-state index contributed by atoms with van der Waals surface area (Å²) in [5.74, 6) is 0.271. The topological polar surface area (TPSA) is 62.7 Å². The molecule has 3 aromatic carbocycles. The lowest BCUT2D eigenvalue weighted by Crippen LogP contribution is -2.47. The Labute approximate surface area is 201 Å². The van der Waals surface area contributed by atoms with Gasteiger partial charge in [-0.15, -0.1) is 0 Å². The quantitative estimate of drug-likeness (QED) is 0.245. The fourth-order valence-corrected chi connectivity index (χ4v) is 4.34. The molecule has 4 rings (SSSR count). The first kappa shape index (κ1) is 22.5. The number of aromatic nitrogens is 3. The Hall–Kier alpha value is -2.70. The van der Waals surface area contributed by atoms with E-state index in [1.54, 1.807) is 0 Å². The Kier molecular flexibility index (Phi) is 6.92. The third kappa shape index (κ3) is 4.71. The van der Waals surface area contributed by atoms with E-state index in [1.807, 2.05) is 42.5 Å². The molecule has 2 N–H and O–H groups in total. The Morgan fingerprint density at radius 3 is 1.97 bits per heavy atom. The van der Waals surface area contributed by atoms with Gasteiger partial charge in [0.2, 0.25) is 16.5 Å². The number of hydrogen-bond acceptors (Lipinski definition) is 5. The predicted octanol–water partition coefficient (Wildman–Crippen LogP) is 6.09. The van der Waals surface area contributed by atoms with Gasteiger partial charge in [0.05, 0.1) is 12.2 Å². The number of halogens is 3. The molecule has 1 aromatic heterocycles. The molecule has 8 heteroatoms. The second-order valence-electron chi connectivity index (χ2n) is 7.19. The van der Waals surface area contributed by atoms with E-state index in [0.717, 1.165) is 16.7 Å². The van der Waals surface area contributed by atoms with Gasteiger partial charge in [-0.25, -0.2) is 0 Å². The molecule has 0 fully saturated rings. The van der Waals surface area contributed by atoms with Gasteiger partial charge in [-0.05, 0) is 52.9 Å². The molecule has 1 unspecified atom stereocenters. The Balaban J connectivity index is 1.82. The number of benzene rings is 3. The molecule has 0 saturated carbocycles. The molecule has 0 aliphatic carbocycles. The van der Waals surface area contributed by atoms with Crippen molar-refractivity contribution >= 4 is 40.8 Å². The van der Waals surface area contributed by atoms with E-state index in [1.165, 1.54) is 5.56 Å². The number of nitrogens with zero attached hydrogens (tertiary/aromatic N) is 3. The average molecular weight is 485 g/mol. The number of rotatable bonds is 7. The van der Waals surface area contributed by atoms with Crippen LogP contribution < -0.4 is 10.6 Å². The first-order chi connectivity index (χ1) is 15.5. The van der Waals surface area contributed by atoms with Gasteiger partial charge < -0.3 is 5.32 Å². The van der Waals surface area contributed by atoms with E-state index in [9.17, 15) is 0 Å². The molecular formula is C24H20Cl3N5. The van der Waals surface area contributed by atoms with Crippen LogP contribution in [0.4, 0.5) is 5.95 Å². The van der Waals surface area contributed by atoms with Gasteiger partial charge in [-0.2, -0.15) is 15.0 Å². The fourth-order valence-electron chi connectivity index (χ4n) is 3.69. The number of hydrogen-bond donors (Lipinski definition) is 2. The summed E-state index contributed by atoms with van der Waals surface area (Å²) in [6.45, 7) is 2.36. The molecule has 1 atom stereocenters. The van der Waals surface area contributed by atoms with Gasteiger partial charge in [0.15, 0.2) is 0 Å². The molecule has 0 spiro atoms. The maximum absolute atomic E-state index is 6.75. The van der Waals surface area contributed by atoms with E-state index >= 15 is 0 Å². The van der Waals surface area contributed by atoms with E-state index < -0.39 is 5.54 Å². The van der Waals surface area contributed by atoms with Crippen LogP contribution in [-0.2, 0) is 5.54 Å². The normalized spacial score (nSPS) is 12.9. The molecule has 32 heavy (non-hydrogen) atoms. The van der Waals surface area contributed by atoms with Crippen LogP contribution in [-0.4, -0.2) is 21.6 Å². The molecule has 4 aromatic rings. The monoisotopic (exact) mass is 483 g/mol. The number of nitrogens with one attached hydrogen (secondary N) is 2. The van der Waals surface area contributed by atoms with Crippen molar-refractivity contribution in [3.05, 3.63) is 117 Å². The maximum atomic E-state index is 6.75. The largest absolute Gasteiger partial charge is 0.341 e. The number of aryl methyl sites for hydroxylation is 1. The van der Waals surface area contributed by atoms with E-state index in [2.05, 4.69) is 68.9 Å². The summed E-state index contributed by atoms with van der Waals surface area (Å²) in [6, 6.07) is 26.4.